The van der Waals surface area contributed by atoms with Crippen molar-refractivity contribution in [3.05, 3.63) is 71.8 Å². The number of epoxide rings is 1. The van der Waals surface area contributed by atoms with Gasteiger partial charge in [0.05, 0.1) is 25.7 Å². The molecule has 5 heteroatoms. The summed E-state index contributed by atoms with van der Waals surface area (Å²) in [5, 5.41) is 2.79. The molecular weight excluding hydrogens is 342 g/mol. The summed E-state index contributed by atoms with van der Waals surface area (Å²) in [5.74, 6) is -0.627. The minimum absolute atomic E-state index is 0.0660. The van der Waals surface area contributed by atoms with Crippen LogP contribution < -0.4 is 5.32 Å². The fraction of sp³-hybridized carbons (Fsp3) is 0.364. The molecule has 2 aromatic carbocycles. The Labute approximate surface area is 159 Å². The van der Waals surface area contributed by atoms with Crippen molar-refractivity contribution in [2.45, 2.75) is 43.9 Å². The highest BCUT2D eigenvalue weighted by Crippen LogP contribution is 2.29. The number of nitrogens with one attached hydrogen (secondary N) is 1. The van der Waals surface area contributed by atoms with Crippen molar-refractivity contribution in [1.82, 2.24) is 5.32 Å². The molecule has 0 unspecified atom stereocenters. The van der Waals surface area contributed by atoms with Gasteiger partial charge in [-0.05, 0) is 24.0 Å². The first kappa shape index (κ1) is 19.1. The molecule has 1 aliphatic heterocycles. The number of carbonyl (C=O) groups excluding carboxylic acids is 2. The Morgan fingerprint density at radius 3 is 2.26 bits per heavy atom. The van der Waals surface area contributed by atoms with E-state index in [9.17, 15) is 9.59 Å². The van der Waals surface area contributed by atoms with Gasteiger partial charge < -0.3 is 14.8 Å². The van der Waals surface area contributed by atoms with Crippen LogP contribution in [0.3, 0.4) is 0 Å². The van der Waals surface area contributed by atoms with Gasteiger partial charge in [0, 0.05) is 6.42 Å². The van der Waals surface area contributed by atoms with Crippen LogP contribution in [-0.2, 0) is 31.9 Å². The summed E-state index contributed by atoms with van der Waals surface area (Å²) in [4.78, 5) is 24.3. The number of amides is 1. The smallest absolute Gasteiger partial charge is 0.328 e. The van der Waals surface area contributed by atoms with Crippen molar-refractivity contribution < 1.29 is 19.1 Å². The molecule has 2 aromatic rings. The molecule has 142 valence electrons. The lowest BCUT2D eigenvalue weighted by Gasteiger charge is -2.16. The normalized spacial score (nSPS) is 19.1. The number of rotatable bonds is 9. The number of ether oxygens (including phenoxy) is 2. The van der Waals surface area contributed by atoms with Crippen molar-refractivity contribution >= 4 is 11.9 Å². The summed E-state index contributed by atoms with van der Waals surface area (Å²) in [7, 11) is 1.33. The highest BCUT2D eigenvalue weighted by atomic mass is 16.6. The molecule has 5 nitrogen and oxygen atoms in total. The van der Waals surface area contributed by atoms with E-state index < -0.39 is 12.0 Å². The average Bonchev–Trinajstić information content (AvgIpc) is 3.44. The summed E-state index contributed by atoms with van der Waals surface area (Å²) in [6, 6.07) is 19.1. The van der Waals surface area contributed by atoms with Crippen LogP contribution in [0.4, 0.5) is 0 Å². The van der Waals surface area contributed by atoms with Crippen LogP contribution in [0.25, 0.3) is 0 Å². The Morgan fingerprint density at radius 2 is 1.63 bits per heavy atom. The third-order valence-electron chi connectivity index (χ3n) is 4.74. The van der Waals surface area contributed by atoms with E-state index in [2.05, 4.69) is 17.4 Å². The van der Waals surface area contributed by atoms with Crippen LogP contribution in [0.5, 0.6) is 0 Å². The molecule has 27 heavy (non-hydrogen) atoms. The van der Waals surface area contributed by atoms with E-state index in [0.717, 1.165) is 18.4 Å². The average molecular weight is 367 g/mol. The van der Waals surface area contributed by atoms with Crippen LogP contribution in [0.1, 0.15) is 24.0 Å². The molecule has 0 aromatic heterocycles. The minimum atomic E-state index is -0.689. The fourth-order valence-electron chi connectivity index (χ4n) is 3.19. The van der Waals surface area contributed by atoms with Crippen LogP contribution in [-0.4, -0.2) is 37.2 Å². The molecule has 0 spiro atoms. The number of hydrogen-bond acceptors (Lipinski definition) is 4. The van der Waals surface area contributed by atoms with Crippen LogP contribution in [0.15, 0.2) is 60.7 Å². The third-order valence-corrected chi connectivity index (χ3v) is 4.74. The Morgan fingerprint density at radius 1 is 1.00 bits per heavy atom. The van der Waals surface area contributed by atoms with Gasteiger partial charge in [-0.2, -0.15) is 0 Å². The van der Waals surface area contributed by atoms with Crippen LogP contribution in [0, 0.1) is 0 Å². The molecular formula is C22H25NO4. The van der Waals surface area contributed by atoms with Gasteiger partial charge in [-0.3, -0.25) is 4.79 Å². The number of benzene rings is 2. The topological polar surface area (TPSA) is 67.9 Å². The van der Waals surface area contributed by atoms with Crippen molar-refractivity contribution in [3.63, 3.8) is 0 Å². The van der Waals surface area contributed by atoms with E-state index in [1.165, 1.54) is 12.7 Å². The van der Waals surface area contributed by atoms with Gasteiger partial charge in [-0.15, -0.1) is 0 Å². The Kier molecular flexibility index (Phi) is 6.60. The van der Waals surface area contributed by atoms with E-state index in [-0.39, 0.29) is 24.5 Å². The lowest BCUT2D eigenvalue weighted by atomic mass is 10.0. The summed E-state index contributed by atoms with van der Waals surface area (Å²) >= 11 is 0. The Hall–Kier alpha value is -2.66. The summed E-state index contributed by atoms with van der Waals surface area (Å²) < 4.78 is 10.4. The van der Waals surface area contributed by atoms with E-state index in [1.807, 2.05) is 48.5 Å². The zero-order valence-electron chi connectivity index (χ0n) is 15.5. The molecule has 1 fully saturated rings. The molecule has 1 amide bonds. The molecule has 0 saturated carbocycles. The highest BCUT2D eigenvalue weighted by Gasteiger charge is 2.40. The van der Waals surface area contributed by atoms with Crippen molar-refractivity contribution in [2.24, 2.45) is 0 Å². The number of aryl methyl sites for hydroxylation is 1. The van der Waals surface area contributed by atoms with Gasteiger partial charge >= 0.3 is 5.97 Å². The number of methoxy groups -OCH3 is 1. The van der Waals surface area contributed by atoms with Gasteiger partial charge in [0.15, 0.2) is 0 Å². The maximum atomic E-state index is 12.3. The Balaban J connectivity index is 1.45. The van der Waals surface area contributed by atoms with Crippen LogP contribution in [0.2, 0.25) is 0 Å². The van der Waals surface area contributed by atoms with E-state index in [4.69, 9.17) is 9.47 Å². The predicted molar refractivity (Wildman–Crippen MR) is 102 cm³/mol. The summed E-state index contributed by atoms with van der Waals surface area (Å²) in [5.41, 5.74) is 2.24. The first-order valence-electron chi connectivity index (χ1n) is 9.26. The summed E-state index contributed by atoms with van der Waals surface area (Å²) in [6.45, 7) is 0. The first-order chi connectivity index (χ1) is 13.2. The molecule has 1 N–H and O–H groups in total. The lowest BCUT2D eigenvalue weighted by molar-refractivity contribution is -0.145. The minimum Gasteiger partial charge on any atom is -0.467 e. The van der Waals surface area contributed by atoms with Gasteiger partial charge in [-0.1, -0.05) is 60.7 Å². The second kappa shape index (κ2) is 9.33. The monoisotopic (exact) mass is 367 g/mol. The molecule has 1 aliphatic rings. The highest BCUT2D eigenvalue weighted by molar-refractivity contribution is 5.85. The SMILES string of the molecule is COC(=O)[C@H](Cc1ccccc1)NC(=O)C[C@H]1O[C@H]1CCc1ccccc1. The molecule has 3 rings (SSSR count). The van der Waals surface area contributed by atoms with E-state index >= 15 is 0 Å². The van der Waals surface area contributed by atoms with Crippen molar-refractivity contribution in [3.8, 4) is 0 Å². The maximum Gasteiger partial charge on any atom is 0.328 e. The largest absolute Gasteiger partial charge is 0.467 e. The van der Waals surface area contributed by atoms with E-state index in [0.29, 0.717) is 6.42 Å². The number of carbonyl (C=O) groups is 2. The second-order valence-corrected chi connectivity index (χ2v) is 6.77. The zero-order chi connectivity index (χ0) is 19.1. The molecule has 1 heterocycles. The summed E-state index contributed by atoms with van der Waals surface area (Å²) in [6.07, 6.45) is 2.55. The van der Waals surface area contributed by atoms with Gasteiger partial charge in [0.1, 0.15) is 6.04 Å². The molecule has 0 bridgehead atoms. The molecule has 0 radical (unpaired) electrons. The van der Waals surface area contributed by atoms with Crippen LogP contribution >= 0.6 is 0 Å². The lowest BCUT2D eigenvalue weighted by Crippen LogP contribution is -2.43. The predicted octanol–water partition coefficient (Wildman–Crippen LogP) is 2.68. The molecule has 3 atom stereocenters. The van der Waals surface area contributed by atoms with Gasteiger partial charge in [0.2, 0.25) is 5.91 Å². The van der Waals surface area contributed by atoms with Crippen molar-refractivity contribution in [1.29, 1.82) is 0 Å². The third kappa shape index (κ3) is 5.93. The fourth-order valence-corrected chi connectivity index (χ4v) is 3.19. The zero-order valence-corrected chi connectivity index (χ0v) is 15.5. The molecule has 0 aliphatic carbocycles. The van der Waals surface area contributed by atoms with Crippen molar-refractivity contribution in [2.75, 3.05) is 7.11 Å². The number of esters is 1. The Bertz CT molecular complexity index is 747. The second-order valence-electron chi connectivity index (χ2n) is 6.77. The quantitative estimate of drug-likeness (QED) is 0.547. The maximum absolute atomic E-state index is 12.3. The van der Waals surface area contributed by atoms with E-state index in [1.54, 1.807) is 0 Å². The first-order valence-corrected chi connectivity index (χ1v) is 9.26. The van der Waals surface area contributed by atoms with Gasteiger partial charge in [-0.25, -0.2) is 4.79 Å². The van der Waals surface area contributed by atoms with Gasteiger partial charge in [0.25, 0.3) is 0 Å². The number of hydrogen-bond donors (Lipinski definition) is 1. The standard InChI is InChI=1S/C22H25NO4/c1-26-22(25)18(14-17-10-6-3-7-11-17)23-21(24)15-20-19(27-20)13-12-16-8-4-2-5-9-16/h2-11,18-20H,12-15H2,1H3,(H,23,24)/t18-,19-,20+/m0/s1. The molecule has 1 saturated heterocycles.